The van der Waals surface area contributed by atoms with Gasteiger partial charge in [0, 0.05) is 20.0 Å². The van der Waals surface area contributed by atoms with Crippen LogP contribution >= 0.6 is 0 Å². The molecule has 1 aromatic heterocycles. The molecule has 0 unspecified atom stereocenters. The lowest BCUT2D eigenvalue weighted by Gasteiger charge is -2.16. The molecule has 0 aliphatic heterocycles. The zero-order valence-corrected chi connectivity index (χ0v) is 9.29. The van der Waals surface area contributed by atoms with Crippen LogP contribution < -0.4 is 4.90 Å². The molecule has 82 valence electrons. The van der Waals surface area contributed by atoms with E-state index in [-0.39, 0.29) is 5.91 Å². The van der Waals surface area contributed by atoms with Gasteiger partial charge in [-0.25, -0.2) is 4.68 Å². The van der Waals surface area contributed by atoms with Crippen LogP contribution in [0, 0.1) is 0 Å². The largest absolute Gasteiger partial charge is 0.300 e. The van der Waals surface area contributed by atoms with Crippen LogP contribution in [0.15, 0.2) is 42.6 Å². The third-order valence-electron chi connectivity index (χ3n) is 2.44. The van der Waals surface area contributed by atoms with Crippen molar-refractivity contribution in [3.8, 4) is 5.69 Å². The molecule has 0 fully saturated rings. The minimum atomic E-state index is -0.0160. The molecule has 1 heterocycles. The number of hydrogen-bond acceptors (Lipinski definition) is 2. The topological polar surface area (TPSA) is 38.1 Å². The van der Waals surface area contributed by atoms with Gasteiger partial charge in [0.25, 0.3) is 0 Å². The predicted molar refractivity (Wildman–Crippen MR) is 62.6 cm³/mol. The van der Waals surface area contributed by atoms with Gasteiger partial charge in [-0.05, 0) is 12.1 Å². The van der Waals surface area contributed by atoms with Crippen LogP contribution in [0.3, 0.4) is 0 Å². The third-order valence-corrected chi connectivity index (χ3v) is 2.44. The Morgan fingerprint density at radius 2 is 1.94 bits per heavy atom. The van der Waals surface area contributed by atoms with Gasteiger partial charge in [-0.3, -0.25) is 4.79 Å². The third kappa shape index (κ3) is 1.82. The Hall–Kier alpha value is -2.10. The Labute approximate surface area is 94.1 Å². The van der Waals surface area contributed by atoms with E-state index in [0.717, 1.165) is 11.5 Å². The Morgan fingerprint density at radius 3 is 2.56 bits per heavy atom. The van der Waals surface area contributed by atoms with Crippen molar-refractivity contribution < 1.29 is 4.79 Å². The van der Waals surface area contributed by atoms with Crippen molar-refractivity contribution in [1.29, 1.82) is 0 Å². The molecule has 0 radical (unpaired) electrons. The maximum absolute atomic E-state index is 11.3. The summed E-state index contributed by atoms with van der Waals surface area (Å²) in [5.74, 6) is 0.747. The van der Waals surface area contributed by atoms with Crippen LogP contribution in [0.4, 0.5) is 5.82 Å². The molecular weight excluding hydrogens is 202 g/mol. The first kappa shape index (κ1) is 10.4. The summed E-state index contributed by atoms with van der Waals surface area (Å²) in [5, 5.41) is 4.21. The second-order valence-corrected chi connectivity index (χ2v) is 3.51. The molecule has 2 aromatic rings. The first-order valence-electron chi connectivity index (χ1n) is 5.04. The molecule has 4 heteroatoms. The minimum absolute atomic E-state index is 0.0160. The van der Waals surface area contributed by atoms with E-state index in [1.54, 1.807) is 22.8 Å². The Morgan fingerprint density at radius 1 is 1.25 bits per heavy atom. The number of carbonyl (C=O) groups is 1. The molecule has 0 atom stereocenters. The fourth-order valence-corrected chi connectivity index (χ4v) is 1.48. The van der Waals surface area contributed by atoms with Crippen molar-refractivity contribution in [2.45, 2.75) is 6.92 Å². The van der Waals surface area contributed by atoms with Gasteiger partial charge >= 0.3 is 0 Å². The molecule has 2 rings (SSSR count). The Balaban J connectivity index is 2.44. The summed E-state index contributed by atoms with van der Waals surface area (Å²) in [7, 11) is 1.73. The monoisotopic (exact) mass is 215 g/mol. The van der Waals surface area contributed by atoms with Gasteiger partial charge in [-0.15, -0.1) is 0 Å². The van der Waals surface area contributed by atoms with E-state index >= 15 is 0 Å². The van der Waals surface area contributed by atoms with E-state index in [1.165, 1.54) is 6.92 Å². The standard InChI is InChI=1S/C12H13N3O/c1-10(16)14(2)12-8-9-13-15(12)11-6-4-3-5-7-11/h3-9H,1-2H3. The number of para-hydroxylation sites is 1. The molecule has 4 nitrogen and oxygen atoms in total. The van der Waals surface area contributed by atoms with E-state index in [9.17, 15) is 4.79 Å². The smallest absolute Gasteiger partial charge is 0.224 e. The lowest BCUT2D eigenvalue weighted by atomic mass is 10.3. The fourth-order valence-electron chi connectivity index (χ4n) is 1.48. The Kier molecular flexibility index (Phi) is 2.72. The number of rotatable bonds is 2. The molecule has 0 saturated heterocycles. The number of nitrogens with zero attached hydrogens (tertiary/aromatic N) is 3. The van der Waals surface area contributed by atoms with Gasteiger partial charge < -0.3 is 4.90 Å². The highest BCUT2D eigenvalue weighted by Gasteiger charge is 2.11. The number of anilines is 1. The van der Waals surface area contributed by atoms with Crippen molar-refractivity contribution in [1.82, 2.24) is 9.78 Å². The van der Waals surface area contributed by atoms with Gasteiger partial charge in [0.15, 0.2) is 0 Å². The fraction of sp³-hybridized carbons (Fsp3) is 0.167. The molecule has 0 aliphatic rings. The van der Waals surface area contributed by atoms with E-state index in [4.69, 9.17) is 0 Å². The summed E-state index contributed by atoms with van der Waals surface area (Å²) >= 11 is 0. The summed E-state index contributed by atoms with van der Waals surface area (Å²) in [6.45, 7) is 1.53. The quantitative estimate of drug-likeness (QED) is 0.766. The summed E-state index contributed by atoms with van der Waals surface area (Å²) in [6, 6.07) is 11.5. The number of hydrogen-bond donors (Lipinski definition) is 0. The second kappa shape index (κ2) is 4.18. The van der Waals surface area contributed by atoms with Crippen molar-refractivity contribution in [3.63, 3.8) is 0 Å². The number of aromatic nitrogens is 2. The molecule has 16 heavy (non-hydrogen) atoms. The molecule has 0 spiro atoms. The molecule has 1 aromatic carbocycles. The number of benzene rings is 1. The van der Waals surface area contributed by atoms with E-state index < -0.39 is 0 Å². The highest BCUT2D eigenvalue weighted by atomic mass is 16.2. The predicted octanol–water partition coefficient (Wildman–Crippen LogP) is 1.85. The number of amides is 1. The lowest BCUT2D eigenvalue weighted by Crippen LogP contribution is -2.25. The normalized spacial score (nSPS) is 10.1. The molecule has 0 saturated carbocycles. The number of carbonyl (C=O) groups excluding carboxylic acids is 1. The second-order valence-electron chi connectivity index (χ2n) is 3.51. The molecule has 0 aliphatic carbocycles. The van der Waals surface area contributed by atoms with Crippen LogP contribution in [0.25, 0.3) is 5.69 Å². The van der Waals surface area contributed by atoms with Crippen LogP contribution in [0.5, 0.6) is 0 Å². The summed E-state index contributed by atoms with van der Waals surface area (Å²) in [4.78, 5) is 12.9. The van der Waals surface area contributed by atoms with Gasteiger partial charge in [0.05, 0.1) is 11.9 Å². The van der Waals surface area contributed by atoms with E-state index in [2.05, 4.69) is 5.10 Å². The summed E-state index contributed by atoms with van der Waals surface area (Å²) < 4.78 is 1.74. The van der Waals surface area contributed by atoms with Crippen LogP contribution in [-0.2, 0) is 4.79 Å². The molecule has 1 amide bonds. The summed E-state index contributed by atoms with van der Waals surface area (Å²) in [6.07, 6.45) is 1.68. The first-order valence-corrected chi connectivity index (χ1v) is 5.04. The highest BCUT2D eigenvalue weighted by Crippen LogP contribution is 2.17. The molecule has 0 bridgehead atoms. The van der Waals surface area contributed by atoms with E-state index in [0.29, 0.717) is 0 Å². The van der Waals surface area contributed by atoms with Crippen molar-refractivity contribution in [2.24, 2.45) is 0 Å². The van der Waals surface area contributed by atoms with Crippen molar-refractivity contribution in [2.75, 3.05) is 11.9 Å². The van der Waals surface area contributed by atoms with Gasteiger partial charge in [0.2, 0.25) is 5.91 Å². The van der Waals surface area contributed by atoms with Crippen LogP contribution in [0.2, 0.25) is 0 Å². The van der Waals surface area contributed by atoms with Crippen molar-refractivity contribution in [3.05, 3.63) is 42.6 Å². The zero-order chi connectivity index (χ0) is 11.5. The zero-order valence-electron chi connectivity index (χ0n) is 9.29. The Bertz CT molecular complexity index is 490. The maximum atomic E-state index is 11.3. The first-order chi connectivity index (χ1) is 7.70. The average molecular weight is 215 g/mol. The van der Waals surface area contributed by atoms with Crippen LogP contribution in [0.1, 0.15) is 6.92 Å². The maximum Gasteiger partial charge on any atom is 0.224 e. The van der Waals surface area contributed by atoms with Gasteiger partial charge in [0.1, 0.15) is 5.82 Å². The highest BCUT2D eigenvalue weighted by molar-refractivity contribution is 5.90. The summed E-state index contributed by atoms with van der Waals surface area (Å²) in [5.41, 5.74) is 0.940. The van der Waals surface area contributed by atoms with Gasteiger partial charge in [-0.2, -0.15) is 5.10 Å². The van der Waals surface area contributed by atoms with E-state index in [1.807, 2.05) is 36.4 Å². The van der Waals surface area contributed by atoms with Crippen LogP contribution in [-0.4, -0.2) is 22.7 Å². The van der Waals surface area contributed by atoms with Gasteiger partial charge in [-0.1, -0.05) is 18.2 Å². The average Bonchev–Trinajstić information content (AvgIpc) is 2.77. The minimum Gasteiger partial charge on any atom is -0.300 e. The molecular formula is C12H13N3O. The SMILES string of the molecule is CC(=O)N(C)c1ccnn1-c1ccccc1. The van der Waals surface area contributed by atoms with Crippen molar-refractivity contribution >= 4 is 11.7 Å². The molecule has 0 N–H and O–H groups in total. The lowest BCUT2D eigenvalue weighted by molar-refractivity contribution is -0.116.